The summed E-state index contributed by atoms with van der Waals surface area (Å²) in [5.41, 5.74) is 1.65. The zero-order valence-corrected chi connectivity index (χ0v) is 17.2. The molecule has 0 saturated heterocycles. The van der Waals surface area contributed by atoms with Gasteiger partial charge in [-0.3, -0.25) is 9.69 Å². The second-order valence-corrected chi connectivity index (χ2v) is 7.07. The Balaban J connectivity index is 1.95. The van der Waals surface area contributed by atoms with E-state index in [0.717, 1.165) is 0 Å². The molecule has 0 aromatic heterocycles. The Labute approximate surface area is 184 Å². The zero-order chi connectivity index (χ0) is 22.7. The fourth-order valence-corrected chi connectivity index (χ4v) is 3.66. The normalized spacial score (nSPS) is 16.0. The zero-order valence-electron chi connectivity index (χ0n) is 17.2. The summed E-state index contributed by atoms with van der Waals surface area (Å²) in [5.74, 6) is -2.01. The molecule has 1 amide bonds. The van der Waals surface area contributed by atoms with Crippen LogP contribution < -0.4 is 9.80 Å². The van der Waals surface area contributed by atoms with Gasteiger partial charge < -0.3 is 9.64 Å². The highest BCUT2D eigenvalue weighted by Crippen LogP contribution is 2.40. The van der Waals surface area contributed by atoms with E-state index in [4.69, 9.17) is 4.74 Å². The van der Waals surface area contributed by atoms with E-state index in [-0.39, 0.29) is 12.3 Å². The quantitative estimate of drug-likeness (QED) is 0.533. The van der Waals surface area contributed by atoms with Crippen molar-refractivity contribution < 1.29 is 23.1 Å². The molecule has 1 atom stereocenters. The third kappa shape index (κ3) is 4.09. The van der Waals surface area contributed by atoms with Crippen molar-refractivity contribution in [2.24, 2.45) is 0 Å². The lowest BCUT2D eigenvalue weighted by Crippen LogP contribution is -2.50. The van der Waals surface area contributed by atoms with E-state index in [1.54, 1.807) is 11.8 Å². The maximum absolute atomic E-state index is 13.7. The van der Waals surface area contributed by atoms with E-state index >= 15 is 0 Å². The number of nitrogens with zero attached hydrogens (tertiary/aromatic N) is 2. The van der Waals surface area contributed by atoms with Crippen LogP contribution in [-0.2, 0) is 14.3 Å². The van der Waals surface area contributed by atoms with E-state index < -0.39 is 29.7 Å². The summed E-state index contributed by atoms with van der Waals surface area (Å²) in [6, 6.07) is 20.2. The number of esters is 1. The molecular formula is C25H20F2N2O3. The highest BCUT2D eigenvalue weighted by molar-refractivity contribution is 6.10. The first-order valence-electron chi connectivity index (χ1n) is 10.1. The van der Waals surface area contributed by atoms with Gasteiger partial charge in [0.25, 0.3) is 5.91 Å². The van der Waals surface area contributed by atoms with Gasteiger partial charge in [-0.2, -0.15) is 0 Å². The molecule has 0 saturated carbocycles. The van der Waals surface area contributed by atoms with Crippen LogP contribution in [0.1, 0.15) is 18.7 Å². The second-order valence-electron chi connectivity index (χ2n) is 7.07. The van der Waals surface area contributed by atoms with Crippen molar-refractivity contribution >= 4 is 23.3 Å². The molecule has 3 aromatic rings. The summed E-state index contributed by atoms with van der Waals surface area (Å²) in [4.78, 5) is 29.2. The van der Waals surface area contributed by atoms with E-state index in [1.807, 2.05) is 30.3 Å². The minimum Gasteiger partial charge on any atom is -0.461 e. The van der Waals surface area contributed by atoms with Gasteiger partial charge in [0, 0.05) is 17.5 Å². The van der Waals surface area contributed by atoms with Crippen LogP contribution in [0.25, 0.3) is 0 Å². The van der Waals surface area contributed by atoms with Crippen LogP contribution in [0, 0.1) is 11.6 Å². The molecule has 0 N–H and O–H groups in total. The van der Waals surface area contributed by atoms with Gasteiger partial charge in [-0.05, 0) is 61.0 Å². The molecular weight excluding hydrogens is 414 g/mol. The number of hydrogen-bond acceptors (Lipinski definition) is 4. The van der Waals surface area contributed by atoms with Crippen LogP contribution in [0.3, 0.4) is 0 Å². The summed E-state index contributed by atoms with van der Waals surface area (Å²) in [7, 11) is 0. The molecule has 3 aromatic carbocycles. The third-order valence-corrected chi connectivity index (χ3v) is 5.04. The number of halogens is 2. The Morgan fingerprint density at radius 2 is 1.38 bits per heavy atom. The average molecular weight is 434 g/mol. The van der Waals surface area contributed by atoms with Crippen molar-refractivity contribution in [1.29, 1.82) is 0 Å². The smallest absolute Gasteiger partial charge is 0.355 e. The Bertz CT molecular complexity index is 1150. The number of ether oxygens (including phenoxy) is 1. The lowest BCUT2D eigenvalue weighted by Gasteiger charge is -2.44. The molecule has 0 spiro atoms. The molecule has 1 unspecified atom stereocenters. The van der Waals surface area contributed by atoms with Crippen molar-refractivity contribution in [2.75, 3.05) is 16.4 Å². The third-order valence-electron chi connectivity index (χ3n) is 5.04. The number of rotatable bonds is 5. The maximum atomic E-state index is 13.7. The van der Waals surface area contributed by atoms with Gasteiger partial charge in [0.1, 0.15) is 23.5 Å². The van der Waals surface area contributed by atoms with E-state index in [0.29, 0.717) is 16.9 Å². The maximum Gasteiger partial charge on any atom is 0.355 e. The molecule has 4 rings (SSSR count). The Kier molecular flexibility index (Phi) is 5.98. The Morgan fingerprint density at radius 1 is 0.844 bits per heavy atom. The Morgan fingerprint density at radius 3 is 1.91 bits per heavy atom. The molecule has 1 aliphatic rings. The number of anilines is 2. The number of carbonyl (C=O) groups is 2. The van der Waals surface area contributed by atoms with Crippen molar-refractivity contribution in [1.82, 2.24) is 0 Å². The topological polar surface area (TPSA) is 49.9 Å². The summed E-state index contributed by atoms with van der Waals surface area (Å²) < 4.78 is 32.5. The van der Waals surface area contributed by atoms with Crippen molar-refractivity contribution in [3.05, 3.63) is 108 Å². The predicted molar refractivity (Wildman–Crippen MR) is 117 cm³/mol. The summed E-state index contributed by atoms with van der Waals surface area (Å²) in [6.07, 6.45) is 0.383. The molecule has 0 aliphatic carbocycles. The van der Waals surface area contributed by atoms with E-state index in [1.165, 1.54) is 59.5 Å². The molecule has 1 aliphatic heterocycles. The van der Waals surface area contributed by atoms with Crippen molar-refractivity contribution in [3.63, 3.8) is 0 Å². The van der Waals surface area contributed by atoms with E-state index in [2.05, 4.69) is 0 Å². The predicted octanol–water partition coefficient (Wildman–Crippen LogP) is 4.96. The SMILES string of the molecule is CCOC(=O)C1=CC(=O)N(c2ccc(F)cc2)C(c2ccccc2)N1c1ccc(F)cc1. The second kappa shape index (κ2) is 9.01. The fraction of sp³-hybridized carbons (Fsp3) is 0.120. The largest absolute Gasteiger partial charge is 0.461 e. The molecule has 162 valence electrons. The van der Waals surface area contributed by atoms with Crippen LogP contribution in [0.5, 0.6) is 0 Å². The van der Waals surface area contributed by atoms with Crippen LogP contribution >= 0.6 is 0 Å². The van der Waals surface area contributed by atoms with Gasteiger partial charge in [-0.25, -0.2) is 13.6 Å². The van der Waals surface area contributed by atoms with Crippen LogP contribution in [0.4, 0.5) is 20.2 Å². The van der Waals surface area contributed by atoms with Gasteiger partial charge in [-0.15, -0.1) is 0 Å². The highest BCUT2D eigenvalue weighted by Gasteiger charge is 2.40. The number of amides is 1. The number of hydrogen-bond donors (Lipinski definition) is 0. The van der Waals surface area contributed by atoms with Gasteiger partial charge >= 0.3 is 5.97 Å². The number of benzene rings is 3. The first-order chi connectivity index (χ1) is 15.5. The average Bonchev–Trinajstić information content (AvgIpc) is 2.80. The first-order valence-corrected chi connectivity index (χ1v) is 10.1. The van der Waals surface area contributed by atoms with Crippen LogP contribution in [-0.4, -0.2) is 18.5 Å². The van der Waals surface area contributed by atoms with Crippen molar-refractivity contribution in [3.8, 4) is 0 Å². The summed E-state index contributed by atoms with van der Waals surface area (Å²) in [5, 5.41) is 0. The monoisotopic (exact) mass is 434 g/mol. The lowest BCUT2D eigenvalue weighted by atomic mass is 10.0. The standard InChI is InChI=1S/C25H20F2N2O3/c1-2-32-25(31)22-16-23(30)29(21-14-10-19(27)11-15-21)24(17-6-4-3-5-7-17)28(22)20-12-8-18(26)9-13-20/h3-16,24H,2H2,1H3. The number of carbonyl (C=O) groups excluding carboxylic acids is 2. The Hall–Kier alpha value is -4.00. The summed E-state index contributed by atoms with van der Waals surface area (Å²) >= 11 is 0. The first kappa shape index (κ1) is 21.2. The minimum absolute atomic E-state index is 0.0238. The fourth-order valence-electron chi connectivity index (χ4n) is 3.66. The van der Waals surface area contributed by atoms with Crippen LogP contribution in [0.2, 0.25) is 0 Å². The summed E-state index contributed by atoms with van der Waals surface area (Å²) in [6.45, 7) is 1.80. The van der Waals surface area contributed by atoms with Gasteiger partial charge in [0.05, 0.1) is 6.61 Å². The minimum atomic E-state index is -0.802. The molecule has 0 bridgehead atoms. The molecule has 1 heterocycles. The van der Waals surface area contributed by atoms with Crippen molar-refractivity contribution in [2.45, 2.75) is 13.1 Å². The highest BCUT2D eigenvalue weighted by atomic mass is 19.1. The van der Waals surface area contributed by atoms with Gasteiger partial charge in [-0.1, -0.05) is 30.3 Å². The molecule has 32 heavy (non-hydrogen) atoms. The molecule has 7 heteroatoms. The van der Waals surface area contributed by atoms with Gasteiger partial charge in [0.15, 0.2) is 0 Å². The molecule has 0 fully saturated rings. The van der Waals surface area contributed by atoms with Crippen LogP contribution in [0.15, 0.2) is 90.6 Å². The lowest BCUT2D eigenvalue weighted by molar-refractivity contribution is -0.139. The molecule has 5 nitrogen and oxygen atoms in total. The van der Waals surface area contributed by atoms with Gasteiger partial charge in [0.2, 0.25) is 0 Å². The molecule has 0 radical (unpaired) electrons. The van der Waals surface area contributed by atoms with E-state index in [9.17, 15) is 18.4 Å².